The fourth-order valence-electron chi connectivity index (χ4n) is 2.60. The van der Waals surface area contributed by atoms with Crippen LogP contribution in [0.4, 0.5) is 4.79 Å². The minimum Gasteiger partial charge on any atom is -0.481 e. The Balaban J connectivity index is 2.81. The molecule has 1 N–H and O–H groups in total. The van der Waals surface area contributed by atoms with Gasteiger partial charge in [0.1, 0.15) is 0 Å². The normalized spacial score (nSPS) is 23.3. The molecule has 20 heavy (non-hydrogen) atoms. The van der Waals surface area contributed by atoms with E-state index in [1.807, 2.05) is 27.7 Å². The highest BCUT2D eigenvalue weighted by Crippen LogP contribution is 2.26. The summed E-state index contributed by atoms with van der Waals surface area (Å²) in [6.45, 7) is 12.6. The van der Waals surface area contributed by atoms with Gasteiger partial charge in [-0.25, -0.2) is 4.79 Å². The molecule has 1 heterocycles. The zero-order valence-corrected chi connectivity index (χ0v) is 12.9. The van der Waals surface area contributed by atoms with Gasteiger partial charge in [0.15, 0.2) is 0 Å². The Hall–Kier alpha value is -1.52. The number of carboxylic acid groups (broad SMARTS) is 1. The SMILES string of the molecule is C=CCN(C(=O)N1CCC(C(=O)O)CC1C)C(C)(C)C. The van der Waals surface area contributed by atoms with E-state index in [0.717, 1.165) is 0 Å². The van der Waals surface area contributed by atoms with Crippen LogP contribution < -0.4 is 0 Å². The number of nitrogens with zero attached hydrogens (tertiary/aromatic N) is 2. The zero-order valence-electron chi connectivity index (χ0n) is 12.9. The van der Waals surface area contributed by atoms with Crippen LogP contribution in [-0.2, 0) is 4.79 Å². The van der Waals surface area contributed by atoms with Crippen molar-refractivity contribution in [3.05, 3.63) is 12.7 Å². The van der Waals surface area contributed by atoms with E-state index in [1.54, 1.807) is 15.9 Å². The summed E-state index contributed by atoms with van der Waals surface area (Å²) in [4.78, 5) is 27.3. The first-order valence-electron chi connectivity index (χ1n) is 7.10. The van der Waals surface area contributed by atoms with Crippen molar-refractivity contribution in [2.45, 2.75) is 52.1 Å². The Morgan fingerprint density at radius 1 is 1.45 bits per heavy atom. The van der Waals surface area contributed by atoms with Crippen LogP contribution in [0.3, 0.4) is 0 Å². The quantitative estimate of drug-likeness (QED) is 0.809. The summed E-state index contributed by atoms with van der Waals surface area (Å²) in [6, 6.07) is -0.0826. The van der Waals surface area contributed by atoms with Crippen LogP contribution in [0.15, 0.2) is 12.7 Å². The lowest BCUT2D eigenvalue weighted by Crippen LogP contribution is -2.56. The summed E-state index contributed by atoms with van der Waals surface area (Å²) >= 11 is 0. The maximum atomic E-state index is 12.7. The van der Waals surface area contributed by atoms with E-state index in [2.05, 4.69) is 6.58 Å². The third-order valence-electron chi connectivity index (χ3n) is 3.82. The molecule has 5 heteroatoms. The standard InChI is InChI=1S/C15H26N2O3/c1-6-8-17(15(3,4)5)14(20)16-9-7-12(13(18)19)10-11(16)2/h6,11-12H,1,7-10H2,2-5H3,(H,18,19). The fourth-order valence-corrected chi connectivity index (χ4v) is 2.60. The predicted octanol–water partition coefficient (Wildman–Crippen LogP) is 2.58. The molecular weight excluding hydrogens is 256 g/mol. The molecular formula is C15H26N2O3. The number of urea groups is 1. The largest absolute Gasteiger partial charge is 0.481 e. The van der Waals surface area contributed by atoms with Crippen molar-refractivity contribution < 1.29 is 14.7 Å². The highest BCUT2D eigenvalue weighted by molar-refractivity contribution is 5.77. The number of piperidine rings is 1. The van der Waals surface area contributed by atoms with E-state index in [0.29, 0.717) is 25.9 Å². The number of carbonyl (C=O) groups is 2. The number of carboxylic acids is 1. The van der Waals surface area contributed by atoms with Gasteiger partial charge in [0.05, 0.1) is 5.92 Å². The topological polar surface area (TPSA) is 60.9 Å². The van der Waals surface area contributed by atoms with Crippen molar-refractivity contribution >= 4 is 12.0 Å². The molecule has 5 nitrogen and oxygen atoms in total. The van der Waals surface area contributed by atoms with Gasteiger partial charge in [-0.15, -0.1) is 6.58 Å². The van der Waals surface area contributed by atoms with Crippen molar-refractivity contribution in [1.82, 2.24) is 9.80 Å². The van der Waals surface area contributed by atoms with Crippen molar-refractivity contribution in [2.75, 3.05) is 13.1 Å². The van der Waals surface area contributed by atoms with Gasteiger partial charge >= 0.3 is 12.0 Å². The Kier molecular flexibility index (Phi) is 5.20. The maximum Gasteiger partial charge on any atom is 0.320 e. The minimum absolute atomic E-state index is 0.0336. The van der Waals surface area contributed by atoms with E-state index in [-0.39, 0.29) is 23.5 Å². The van der Waals surface area contributed by atoms with E-state index < -0.39 is 5.97 Å². The van der Waals surface area contributed by atoms with E-state index in [1.165, 1.54) is 0 Å². The van der Waals surface area contributed by atoms with Crippen LogP contribution in [0, 0.1) is 5.92 Å². The number of amides is 2. The molecule has 1 rings (SSSR count). The average molecular weight is 282 g/mol. The Morgan fingerprint density at radius 3 is 2.45 bits per heavy atom. The van der Waals surface area contributed by atoms with Crippen LogP contribution in [0.25, 0.3) is 0 Å². The molecule has 0 aromatic carbocycles. The first kappa shape index (κ1) is 16.5. The molecule has 0 saturated carbocycles. The lowest BCUT2D eigenvalue weighted by Gasteiger charge is -2.43. The lowest BCUT2D eigenvalue weighted by molar-refractivity contribution is -0.143. The number of hydrogen-bond donors (Lipinski definition) is 1. The Labute approximate surface area is 121 Å². The fraction of sp³-hybridized carbons (Fsp3) is 0.733. The van der Waals surface area contributed by atoms with Crippen LogP contribution in [-0.4, -0.2) is 51.6 Å². The smallest absolute Gasteiger partial charge is 0.320 e. The molecule has 114 valence electrons. The monoisotopic (exact) mass is 282 g/mol. The molecule has 0 aliphatic carbocycles. The van der Waals surface area contributed by atoms with Crippen molar-refractivity contribution in [2.24, 2.45) is 5.92 Å². The lowest BCUT2D eigenvalue weighted by atomic mass is 9.92. The first-order chi connectivity index (χ1) is 9.18. The van der Waals surface area contributed by atoms with E-state index in [9.17, 15) is 9.59 Å². The van der Waals surface area contributed by atoms with Crippen LogP contribution >= 0.6 is 0 Å². The number of aliphatic carboxylic acids is 1. The van der Waals surface area contributed by atoms with Gasteiger partial charge in [-0.1, -0.05) is 6.08 Å². The Bertz CT molecular complexity index is 387. The summed E-state index contributed by atoms with van der Waals surface area (Å²) < 4.78 is 0. The molecule has 2 atom stereocenters. The molecule has 0 radical (unpaired) electrons. The second kappa shape index (κ2) is 6.29. The molecule has 1 aliphatic rings. The van der Waals surface area contributed by atoms with Crippen molar-refractivity contribution in [3.8, 4) is 0 Å². The third kappa shape index (κ3) is 3.74. The van der Waals surface area contributed by atoms with E-state index in [4.69, 9.17) is 5.11 Å². The molecule has 2 unspecified atom stereocenters. The molecule has 1 saturated heterocycles. The van der Waals surface area contributed by atoms with E-state index >= 15 is 0 Å². The van der Waals surface area contributed by atoms with Gasteiger partial charge in [0, 0.05) is 24.7 Å². The van der Waals surface area contributed by atoms with Gasteiger partial charge < -0.3 is 14.9 Å². The van der Waals surface area contributed by atoms with Gasteiger partial charge in [0.25, 0.3) is 0 Å². The summed E-state index contributed by atoms with van der Waals surface area (Å²) in [6.07, 6.45) is 2.77. The molecule has 0 aromatic rings. The van der Waals surface area contributed by atoms with Gasteiger partial charge in [0.2, 0.25) is 0 Å². The predicted molar refractivity (Wildman–Crippen MR) is 78.6 cm³/mol. The van der Waals surface area contributed by atoms with Gasteiger partial charge in [-0.3, -0.25) is 4.79 Å². The number of hydrogen-bond acceptors (Lipinski definition) is 2. The van der Waals surface area contributed by atoms with Crippen LogP contribution in [0.1, 0.15) is 40.5 Å². The summed E-state index contributed by atoms with van der Waals surface area (Å²) in [5, 5.41) is 9.08. The summed E-state index contributed by atoms with van der Waals surface area (Å²) in [7, 11) is 0. The van der Waals surface area contributed by atoms with Crippen LogP contribution in [0.2, 0.25) is 0 Å². The molecule has 0 aromatic heterocycles. The molecule has 0 spiro atoms. The van der Waals surface area contributed by atoms with Gasteiger partial charge in [-0.05, 0) is 40.5 Å². The average Bonchev–Trinajstić information content (AvgIpc) is 2.33. The van der Waals surface area contributed by atoms with Crippen molar-refractivity contribution in [3.63, 3.8) is 0 Å². The number of likely N-dealkylation sites (tertiary alicyclic amines) is 1. The van der Waals surface area contributed by atoms with Crippen molar-refractivity contribution in [1.29, 1.82) is 0 Å². The zero-order chi connectivity index (χ0) is 15.5. The summed E-state index contributed by atoms with van der Waals surface area (Å²) in [5.41, 5.74) is -0.283. The first-order valence-corrected chi connectivity index (χ1v) is 7.10. The molecule has 2 amide bonds. The highest BCUT2D eigenvalue weighted by Gasteiger charge is 2.36. The number of rotatable bonds is 3. The highest BCUT2D eigenvalue weighted by atomic mass is 16.4. The number of carbonyl (C=O) groups excluding carboxylic acids is 1. The second-order valence-corrected chi connectivity index (χ2v) is 6.45. The second-order valence-electron chi connectivity index (χ2n) is 6.45. The van der Waals surface area contributed by atoms with Gasteiger partial charge in [-0.2, -0.15) is 0 Å². The van der Waals surface area contributed by atoms with Crippen LogP contribution in [0.5, 0.6) is 0 Å². The molecule has 1 aliphatic heterocycles. The maximum absolute atomic E-state index is 12.7. The molecule has 1 fully saturated rings. The minimum atomic E-state index is -0.761. The summed E-state index contributed by atoms with van der Waals surface area (Å²) in [5.74, 6) is -1.10. The Morgan fingerprint density at radius 2 is 2.05 bits per heavy atom. The molecule has 0 bridgehead atoms. The third-order valence-corrected chi connectivity index (χ3v) is 3.82.